The molecule has 2 unspecified atom stereocenters. The van der Waals surface area contributed by atoms with Crippen LogP contribution < -0.4 is 10.6 Å². The monoisotopic (exact) mass is 420 g/mol. The number of benzene rings is 1. The number of aliphatic hydroxyl groups excluding tert-OH is 1. The van der Waals surface area contributed by atoms with Gasteiger partial charge in [0.15, 0.2) is 0 Å². The Morgan fingerprint density at radius 2 is 2.19 bits per heavy atom. The van der Waals surface area contributed by atoms with Crippen molar-refractivity contribution < 1.29 is 14.6 Å². The fourth-order valence-electron chi connectivity index (χ4n) is 3.77. The molecule has 2 aromatic heterocycles. The fourth-order valence-corrected chi connectivity index (χ4v) is 3.77. The largest absolute Gasteiger partial charge is 0.394 e. The van der Waals surface area contributed by atoms with Crippen LogP contribution in [0.25, 0.3) is 5.69 Å². The van der Waals surface area contributed by atoms with Crippen molar-refractivity contribution in [1.29, 1.82) is 0 Å². The molecule has 1 aromatic carbocycles. The third-order valence-corrected chi connectivity index (χ3v) is 5.52. The van der Waals surface area contributed by atoms with Crippen LogP contribution in [-0.2, 0) is 4.74 Å². The van der Waals surface area contributed by atoms with Crippen molar-refractivity contribution >= 4 is 11.7 Å². The van der Waals surface area contributed by atoms with E-state index in [2.05, 4.69) is 15.6 Å². The molecular formula is C24H28N4O3. The van der Waals surface area contributed by atoms with E-state index in [4.69, 9.17) is 4.74 Å². The molecule has 7 nitrogen and oxygen atoms in total. The molecule has 31 heavy (non-hydrogen) atoms. The standard InChI is InChI=1S/C24H28N4O3/c1-16-4-3-5-18(10-16)21(14-29)27-24(30)19-6-8-28(13-19)22-11-23(25-12-17(22)2)26-20-7-9-31-15-20/h3-6,8,10-13,20-21,29H,7,9,14-15H2,1-2H3,(H,25,26)(H,27,30). The first-order chi connectivity index (χ1) is 15.0. The van der Waals surface area contributed by atoms with E-state index in [0.29, 0.717) is 12.2 Å². The summed E-state index contributed by atoms with van der Waals surface area (Å²) < 4.78 is 7.34. The highest BCUT2D eigenvalue weighted by Gasteiger charge is 2.18. The van der Waals surface area contributed by atoms with Crippen molar-refractivity contribution in [3.63, 3.8) is 0 Å². The summed E-state index contributed by atoms with van der Waals surface area (Å²) in [4.78, 5) is 17.3. The number of hydrogen-bond acceptors (Lipinski definition) is 5. The van der Waals surface area contributed by atoms with Gasteiger partial charge in [0, 0.05) is 31.3 Å². The summed E-state index contributed by atoms with van der Waals surface area (Å²) in [7, 11) is 0. The molecule has 0 radical (unpaired) electrons. The van der Waals surface area contributed by atoms with E-state index in [1.165, 1.54) is 0 Å². The summed E-state index contributed by atoms with van der Waals surface area (Å²) in [6.45, 7) is 5.26. The Morgan fingerprint density at radius 1 is 1.32 bits per heavy atom. The smallest absolute Gasteiger partial charge is 0.253 e. The molecule has 1 aliphatic rings. The summed E-state index contributed by atoms with van der Waals surface area (Å²) in [5.41, 5.74) is 4.45. The summed E-state index contributed by atoms with van der Waals surface area (Å²) in [5.74, 6) is 0.558. The molecule has 3 aromatic rings. The third-order valence-electron chi connectivity index (χ3n) is 5.52. The highest BCUT2D eigenvalue weighted by Crippen LogP contribution is 2.21. The van der Waals surface area contributed by atoms with Crippen LogP contribution >= 0.6 is 0 Å². The minimum atomic E-state index is -0.456. The molecule has 1 aliphatic heterocycles. The molecule has 2 atom stereocenters. The number of carbonyl (C=O) groups is 1. The van der Waals surface area contributed by atoms with Crippen molar-refractivity contribution in [2.24, 2.45) is 0 Å². The maximum Gasteiger partial charge on any atom is 0.253 e. The molecule has 3 N–H and O–H groups in total. The van der Waals surface area contributed by atoms with E-state index in [0.717, 1.165) is 41.2 Å². The summed E-state index contributed by atoms with van der Waals surface area (Å²) >= 11 is 0. The predicted octanol–water partition coefficient (Wildman–Crippen LogP) is 3.15. The Morgan fingerprint density at radius 3 is 2.94 bits per heavy atom. The van der Waals surface area contributed by atoms with Gasteiger partial charge in [-0.25, -0.2) is 4.98 Å². The zero-order chi connectivity index (χ0) is 21.8. The Balaban J connectivity index is 1.50. The van der Waals surface area contributed by atoms with Crippen LogP contribution in [0.5, 0.6) is 0 Å². The fraction of sp³-hybridized carbons (Fsp3) is 0.333. The molecule has 3 heterocycles. The number of ether oxygens (including phenoxy) is 1. The van der Waals surface area contributed by atoms with Crippen molar-refractivity contribution in [3.8, 4) is 5.69 Å². The van der Waals surface area contributed by atoms with Crippen LogP contribution in [0.4, 0.5) is 5.82 Å². The second-order valence-electron chi connectivity index (χ2n) is 7.99. The Labute approximate surface area is 182 Å². The molecule has 1 fully saturated rings. The highest BCUT2D eigenvalue weighted by atomic mass is 16.5. The van der Waals surface area contributed by atoms with Gasteiger partial charge in [-0.2, -0.15) is 0 Å². The maximum absolute atomic E-state index is 12.8. The van der Waals surface area contributed by atoms with E-state index in [1.807, 2.05) is 61.1 Å². The zero-order valence-corrected chi connectivity index (χ0v) is 17.8. The first-order valence-electron chi connectivity index (χ1n) is 10.5. The normalized spacial score (nSPS) is 16.8. The van der Waals surface area contributed by atoms with Crippen LogP contribution in [-0.4, -0.2) is 46.4 Å². The first-order valence-corrected chi connectivity index (χ1v) is 10.5. The number of pyridine rings is 1. The number of carbonyl (C=O) groups excluding carboxylic acids is 1. The number of anilines is 1. The molecule has 0 saturated carbocycles. The van der Waals surface area contributed by atoms with Crippen LogP contribution in [0.1, 0.15) is 39.5 Å². The summed E-state index contributed by atoms with van der Waals surface area (Å²) in [6, 6.07) is 11.4. The maximum atomic E-state index is 12.8. The van der Waals surface area contributed by atoms with Gasteiger partial charge < -0.3 is 25.0 Å². The van der Waals surface area contributed by atoms with Gasteiger partial charge in [0.05, 0.1) is 36.5 Å². The van der Waals surface area contributed by atoms with Gasteiger partial charge in [0.1, 0.15) is 5.82 Å². The van der Waals surface area contributed by atoms with Gasteiger partial charge in [-0.15, -0.1) is 0 Å². The number of aromatic nitrogens is 2. The number of nitrogens with one attached hydrogen (secondary N) is 2. The van der Waals surface area contributed by atoms with Crippen LogP contribution in [0.3, 0.4) is 0 Å². The van der Waals surface area contributed by atoms with Crippen LogP contribution in [0, 0.1) is 13.8 Å². The third kappa shape index (κ3) is 4.95. The average Bonchev–Trinajstić information content (AvgIpc) is 3.45. The van der Waals surface area contributed by atoms with Crippen LogP contribution in [0.2, 0.25) is 0 Å². The lowest BCUT2D eigenvalue weighted by Gasteiger charge is -2.17. The minimum absolute atomic E-state index is 0.167. The van der Waals surface area contributed by atoms with Crippen molar-refractivity contribution in [2.75, 3.05) is 25.1 Å². The predicted molar refractivity (Wildman–Crippen MR) is 120 cm³/mol. The van der Waals surface area contributed by atoms with Crippen molar-refractivity contribution in [1.82, 2.24) is 14.9 Å². The summed E-state index contributed by atoms with van der Waals surface area (Å²) in [5, 5.41) is 16.1. The second kappa shape index (κ2) is 9.32. The van der Waals surface area contributed by atoms with E-state index >= 15 is 0 Å². The van der Waals surface area contributed by atoms with Crippen molar-refractivity contribution in [2.45, 2.75) is 32.4 Å². The van der Waals surface area contributed by atoms with E-state index in [9.17, 15) is 9.90 Å². The number of hydrogen-bond donors (Lipinski definition) is 3. The van der Waals surface area contributed by atoms with E-state index < -0.39 is 6.04 Å². The highest BCUT2D eigenvalue weighted by molar-refractivity contribution is 5.94. The van der Waals surface area contributed by atoms with Gasteiger partial charge in [-0.05, 0) is 37.5 Å². The van der Waals surface area contributed by atoms with Crippen molar-refractivity contribution in [3.05, 3.63) is 77.2 Å². The quantitative estimate of drug-likeness (QED) is 0.547. The lowest BCUT2D eigenvalue weighted by Crippen LogP contribution is -2.30. The molecule has 0 bridgehead atoms. The van der Waals surface area contributed by atoms with Gasteiger partial charge in [-0.3, -0.25) is 4.79 Å². The molecule has 4 rings (SSSR count). The van der Waals surface area contributed by atoms with Gasteiger partial charge >= 0.3 is 0 Å². The van der Waals surface area contributed by atoms with E-state index in [1.54, 1.807) is 12.3 Å². The molecule has 7 heteroatoms. The zero-order valence-electron chi connectivity index (χ0n) is 17.8. The number of amides is 1. The molecule has 0 spiro atoms. The van der Waals surface area contributed by atoms with Gasteiger partial charge in [0.25, 0.3) is 5.91 Å². The Bertz CT molecular complexity index is 1060. The average molecular weight is 421 g/mol. The van der Waals surface area contributed by atoms with E-state index in [-0.39, 0.29) is 18.6 Å². The van der Waals surface area contributed by atoms with Crippen LogP contribution in [0.15, 0.2) is 55.0 Å². The molecule has 0 aliphatic carbocycles. The lowest BCUT2D eigenvalue weighted by atomic mass is 10.0. The topological polar surface area (TPSA) is 88.4 Å². The van der Waals surface area contributed by atoms with Gasteiger partial charge in [0.2, 0.25) is 0 Å². The molecule has 1 saturated heterocycles. The second-order valence-corrected chi connectivity index (χ2v) is 7.99. The Kier molecular flexibility index (Phi) is 6.34. The minimum Gasteiger partial charge on any atom is -0.394 e. The number of nitrogens with zero attached hydrogens (tertiary/aromatic N) is 2. The summed E-state index contributed by atoms with van der Waals surface area (Å²) in [6.07, 6.45) is 6.45. The SMILES string of the molecule is Cc1cccc(C(CO)NC(=O)c2ccn(-c3cc(NC4CCOC4)ncc3C)c2)c1. The number of aliphatic hydroxyl groups is 1. The molecular weight excluding hydrogens is 392 g/mol. The molecule has 1 amide bonds. The molecule has 162 valence electrons. The van der Waals surface area contributed by atoms with Gasteiger partial charge in [-0.1, -0.05) is 29.8 Å². The lowest BCUT2D eigenvalue weighted by molar-refractivity contribution is 0.0916. The first kappa shape index (κ1) is 21.1. The number of aryl methyl sites for hydroxylation is 2. The Hall–Kier alpha value is -3.16. The number of rotatable bonds is 7.